The molecule has 5 rings (SSSR count). The van der Waals surface area contributed by atoms with Crippen LogP contribution in [0.1, 0.15) is 35.2 Å². The van der Waals surface area contributed by atoms with E-state index >= 15 is 0 Å². The van der Waals surface area contributed by atoms with Gasteiger partial charge in [0.05, 0.1) is 4.90 Å². The summed E-state index contributed by atoms with van der Waals surface area (Å²) in [5, 5.41) is 0. The monoisotopic (exact) mass is 472 g/mol. The fourth-order valence-corrected chi connectivity index (χ4v) is 5.64. The first kappa shape index (κ1) is 22.2. The number of rotatable bonds is 6. The molecule has 8 heteroatoms. The standard InChI is InChI=1S/C26H24N4O3S/c31-26(23-10-13-25(28-18-23)29-17-14-27-19-29)22-6-4-20(5-7-22)21-8-11-24(12-9-21)34(32,33)30-15-2-1-3-16-30/h4-14,17-19H,1-3,15-16H2. The maximum absolute atomic E-state index is 12.9. The minimum Gasteiger partial charge on any atom is -0.291 e. The summed E-state index contributed by atoms with van der Waals surface area (Å²) in [7, 11) is -3.45. The van der Waals surface area contributed by atoms with Gasteiger partial charge in [0, 0.05) is 42.8 Å². The van der Waals surface area contributed by atoms with Crippen molar-refractivity contribution in [2.45, 2.75) is 24.2 Å². The quantitative estimate of drug-likeness (QED) is 0.390. The van der Waals surface area contributed by atoms with E-state index in [9.17, 15) is 13.2 Å². The molecule has 4 aromatic rings. The molecule has 1 fully saturated rings. The molecule has 0 amide bonds. The number of pyridine rings is 1. The molecule has 1 saturated heterocycles. The number of benzene rings is 2. The summed E-state index contributed by atoms with van der Waals surface area (Å²) in [6.45, 7) is 1.17. The molecule has 0 unspecified atom stereocenters. The number of carbonyl (C=O) groups excluding carboxylic acids is 1. The summed E-state index contributed by atoms with van der Waals surface area (Å²) in [5.41, 5.74) is 2.86. The first-order chi connectivity index (χ1) is 16.5. The number of carbonyl (C=O) groups is 1. The fraction of sp³-hybridized carbons (Fsp3) is 0.192. The molecule has 0 saturated carbocycles. The predicted molar refractivity (Wildman–Crippen MR) is 129 cm³/mol. The van der Waals surface area contributed by atoms with Crippen LogP contribution in [0.15, 0.2) is 90.5 Å². The lowest BCUT2D eigenvalue weighted by Gasteiger charge is -2.25. The molecule has 0 aliphatic carbocycles. The Balaban J connectivity index is 1.30. The SMILES string of the molecule is O=C(c1ccc(-c2ccc(S(=O)(=O)N3CCCCC3)cc2)cc1)c1ccc(-n2ccnc2)nc1. The highest BCUT2D eigenvalue weighted by atomic mass is 32.2. The molecule has 0 radical (unpaired) electrons. The van der Waals surface area contributed by atoms with Crippen molar-refractivity contribution in [2.24, 2.45) is 0 Å². The van der Waals surface area contributed by atoms with Gasteiger partial charge in [0.1, 0.15) is 12.1 Å². The zero-order valence-electron chi connectivity index (χ0n) is 18.5. The molecular weight excluding hydrogens is 448 g/mol. The summed E-state index contributed by atoms with van der Waals surface area (Å²) in [6.07, 6.45) is 9.57. The maximum atomic E-state index is 12.9. The Labute approximate surface area is 198 Å². The number of hydrogen-bond acceptors (Lipinski definition) is 5. The van der Waals surface area contributed by atoms with Crippen LogP contribution in [0.2, 0.25) is 0 Å². The van der Waals surface area contributed by atoms with Crippen LogP contribution in [0.5, 0.6) is 0 Å². The number of nitrogens with zero attached hydrogens (tertiary/aromatic N) is 4. The summed E-state index contributed by atoms with van der Waals surface area (Å²) in [6, 6.07) is 17.8. The third-order valence-corrected chi connectivity index (χ3v) is 7.98. The maximum Gasteiger partial charge on any atom is 0.243 e. The molecule has 0 spiro atoms. The van der Waals surface area contributed by atoms with E-state index in [4.69, 9.17) is 0 Å². The molecule has 0 atom stereocenters. The molecule has 2 aromatic heterocycles. The van der Waals surface area contributed by atoms with E-state index in [2.05, 4.69) is 9.97 Å². The molecular formula is C26H24N4O3S. The average Bonchev–Trinajstić information content (AvgIpc) is 3.44. The van der Waals surface area contributed by atoms with E-state index in [1.54, 1.807) is 70.2 Å². The van der Waals surface area contributed by atoms with Crippen molar-refractivity contribution in [3.63, 3.8) is 0 Å². The van der Waals surface area contributed by atoms with Gasteiger partial charge in [-0.15, -0.1) is 0 Å². The lowest BCUT2D eigenvalue weighted by Crippen LogP contribution is -2.35. The first-order valence-corrected chi connectivity index (χ1v) is 12.7. The molecule has 172 valence electrons. The third-order valence-electron chi connectivity index (χ3n) is 6.07. The van der Waals surface area contributed by atoms with Crippen LogP contribution in [0.4, 0.5) is 0 Å². The van der Waals surface area contributed by atoms with Crippen molar-refractivity contribution < 1.29 is 13.2 Å². The van der Waals surface area contributed by atoms with Gasteiger partial charge in [-0.1, -0.05) is 42.8 Å². The van der Waals surface area contributed by atoms with Crippen LogP contribution in [0, 0.1) is 0 Å². The van der Waals surface area contributed by atoms with Crippen molar-refractivity contribution in [3.8, 4) is 16.9 Å². The second-order valence-electron chi connectivity index (χ2n) is 8.27. The lowest BCUT2D eigenvalue weighted by molar-refractivity contribution is 0.103. The Kier molecular flexibility index (Phi) is 6.08. The second kappa shape index (κ2) is 9.32. The largest absolute Gasteiger partial charge is 0.291 e. The van der Waals surface area contributed by atoms with Crippen molar-refractivity contribution in [2.75, 3.05) is 13.1 Å². The number of piperidine rings is 1. The summed E-state index contributed by atoms with van der Waals surface area (Å²) in [5.74, 6) is 0.578. The molecule has 7 nitrogen and oxygen atoms in total. The third kappa shape index (κ3) is 4.42. The number of hydrogen-bond donors (Lipinski definition) is 0. The zero-order chi connectivity index (χ0) is 23.5. The van der Waals surface area contributed by atoms with Crippen LogP contribution in [0.3, 0.4) is 0 Å². The van der Waals surface area contributed by atoms with Gasteiger partial charge < -0.3 is 0 Å². The minimum absolute atomic E-state index is 0.112. The van der Waals surface area contributed by atoms with E-state index < -0.39 is 10.0 Å². The van der Waals surface area contributed by atoms with E-state index in [0.29, 0.717) is 34.9 Å². The van der Waals surface area contributed by atoms with E-state index in [-0.39, 0.29) is 5.78 Å². The smallest absolute Gasteiger partial charge is 0.243 e. The molecule has 1 aliphatic heterocycles. The predicted octanol–water partition coefficient (Wildman–Crippen LogP) is 4.34. The Bertz CT molecular complexity index is 1370. The van der Waals surface area contributed by atoms with Gasteiger partial charge in [-0.25, -0.2) is 18.4 Å². The number of imidazole rings is 1. The average molecular weight is 473 g/mol. The molecule has 0 bridgehead atoms. The molecule has 0 N–H and O–H groups in total. The van der Waals surface area contributed by atoms with Gasteiger partial charge >= 0.3 is 0 Å². The molecule has 3 heterocycles. The Morgan fingerprint density at radius 3 is 2.03 bits per heavy atom. The van der Waals surface area contributed by atoms with Gasteiger partial charge in [0.2, 0.25) is 10.0 Å². The van der Waals surface area contributed by atoms with Crippen LogP contribution in [0.25, 0.3) is 16.9 Å². The van der Waals surface area contributed by atoms with Gasteiger partial charge in [-0.05, 0) is 48.2 Å². The normalized spacial score (nSPS) is 14.7. The fourth-order valence-electron chi connectivity index (χ4n) is 4.12. The Morgan fingerprint density at radius 1 is 0.794 bits per heavy atom. The molecule has 1 aliphatic rings. The minimum atomic E-state index is -3.45. The van der Waals surface area contributed by atoms with E-state index in [1.165, 1.54) is 0 Å². The summed E-state index contributed by atoms with van der Waals surface area (Å²) < 4.78 is 29.1. The Morgan fingerprint density at radius 2 is 1.44 bits per heavy atom. The van der Waals surface area contributed by atoms with Crippen LogP contribution in [-0.2, 0) is 10.0 Å². The van der Waals surface area contributed by atoms with E-state index in [1.807, 2.05) is 24.3 Å². The summed E-state index contributed by atoms with van der Waals surface area (Å²) in [4.78, 5) is 21.5. The number of ketones is 1. The van der Waals surface area contributed by atoms with Crippen LogP contribution < -0.4 is 0 Å². The van der Waals surface area contributed by atoms with Crippen molar-refractivity contribution in [1.29, 1.82) is 0 Å². The zero-order valence-corrected chi connectivity index (χ0v) is 19.4. The van der Waals surface area contributed by atoms with Crippen LogP contribution in [-0.4, -0.2) is 46.1 Å². The topological polar surface area (TPSA) is 85.2 Å². The molecule has 2 aromatic carbocycles. The number of aromatic nitrogens is 3. The van der Waals surface area contributed by atoms with Gasteiger partial charge in [0.25, 0.3) is 0 Å². The van der Waals surface area contributed by atoms with Crippen LogP contribution >= 0.6 is 0 Å². The van der Waals surface area contributed by atoms with Gasteiger partial charge in [0.15, 0.2) is 5.78 Å². The highest BCUT2D eigenvalue weighted by molar-refractivity contribution is 7.89. The highest BCUT2D eigenvalue weighted by Crippen LogP contribution is 2.25. The molecule has 34 heavy (non-hydrogen) atoms. The number of sulfonamides is 1. The second-order valence-corrected chi connectivity index (χ2v) is 10.2. The summed E-state index contributed by atoms with van der Waals surface area (Å²) >= 11 is 0. The lowest BCUT2D eigenvalue weighted by atomic mass is 10.0. The van der Waals surface area contributed by atoms with Gasteiger partial charge in [-0.3, -0.25) is 9.36 Å². The van der Waals surface area contributed by atoms with Crippen molar-refractivity contribution in [1.82, 2.24) is 18.8 Å². The van der Waals surface area contributed by atoms with E-state index in [0.717, 1.165) is 30.4 Å². The Hall–Kier alpha value is -3.62. The highest BCUT2D eigenvalue weighted by Gasteiger charge is 2.25. The van der Waals surface area contributed by atoms with Crippen molar-refractivity contribution in [3.05, 3.63) is 96.7 Å². The first-order valence-electron chi connectivity index (χ1n) is 11.2. The van der Waals surface area contributed by atoms with Crippen molar-refractivity contribution >= 4 is 15.8 Å². The van der Waals surface area contributed by atoms with Gasteiger partial charge in [-0.2, -0.15) is 4.31 Å².